The first-order valence-corrected chi connectivity index (χ1v) is 4.84. The maximum atomic E-state index is 9.73. The van der Waals surface area contributed by atoms with E-state index in [1.165, 1.54) is 7.11 Å². The fourth-order valence-electron chi connectivity index (χ4n) is 1.43. The summed E-state index contributed by atoms with van der Waals surface area (Å²) in [7, 11) is 7.12. The fourth-order valence-corrected chi connectivity index (χ4v) is 1.43. The minimum absolute atomic E-state index is 0.290. The second-order valence-electron chi connectivity index (χ2n) is 4.00. The van der Waals surface area contributed by atoms with E-state index in [9.17, 15) is 5.11 Å². The number of hydrogen-bond acceptors (Lipinski definition) is 5. The van der Waals surface area contributed by atoms with Crippen molar-refractivity contribution in [3.63, 3.8) is 0 Å². The number of methoxy groups -OCH3 is 1. The van der Waals surface area contributed by atoms with Gasteiger partial charge in [-0.05, 0) is 13.8 Å². The van der Waals surface area contributed by atoms with Gasteiger partial charge in [0.05, 0.1) is 6.61 Å². The molecular weight excluding hydrogens is 199 g/mol. The Labute approximate surface area is 90.7 Å². The Morgan fingerprint density at radius 1 is 1.47 bits per heavy atom. The highest BCUT2D eigenvalue weighted by Gasteiger charge is 2.43. The summed E-state index contributed by atoms with van der Waals surface area (Å²) in [4.78, 5) is 0. The van der Waals surface area contributed by atoms with Crippen LogP contribution in [0.3, 0.4) is 0 Å². The summed E-state index contributed by atoms with van der Waals surface area (Å²) in [5.41, 5.74) is 0. The van der Waals surface area contributed by atoms with Gasteiger partial charge in [0.1, 0.15) is 26.2 Å². The number of ether oxygens (including phenoxy) is 3. The lowest BCUT2D eigenvalue weighted by molar-refractivity contribution is -0.236. The Balaban J connectivity index is 2.62. The van der Waals surface area contributed by atoms with E-state index < -0.39 is 30.1 Å². The standard InChI is InChI=1S/C9H17BO5/c1-9(2,13-3)15-7-6(12)5(4-11)14-8(7)10/h5-8,11-12H,4H2,1-3H3/t5-,6-,7-,8-/m1/s1. The highest BCUT2D eigenvalue weighted by Crippen LogP contribution is 2.26. The highest BCUT2D eigenvalue weighted by molar-refractivity contribution is 6.11. The summed E-state index contributed by atoms with van der Waals surface area (Å²) in [6, 6.07) is -0.758. The van der Waals surface area contributed by atoms with Crippen molar-refractivity contribution >= 4 is 7.85 Å². The van der Waals surface area contributed by atoms with Crippen molar-refractivity contribution in [2.45, 2.75) is 43.9 Å². The summed E-state index contributed by atoms with van der Waals surface area (Å²) in [6.45, 7) is 3.12. The molecule has 0 amide bonds. The van der Waals surface area contributed by atoms with Crippen molar-refractivity contribution in [3.8, 4) is 0 Å². The molecular formula is C9H17BO5. The van der Waals surface area contributed by atoms with Gasteiger partial charge in [0, 0.05) is 13.1 Å². The Morgan fingerprint density at radius 3 is 2.47 bits per heavy atom. The van der Waals surface area contributed by atoms with E-state index >= 15 is 0 Å². The van der Waals surface area contributed by atoms with Gasteiger partial charge in [0.25, 0.3) is 0 Å². The van der Waals surface area contributed by atoms with Crippen molar-refractivity contribution < 1.29 is 24.4 Å². The second kappa shape index (κ2) is 4.80. The minimum atomic E-state index is -0.945. The Morgan fingerprint density at radius 2 is 2.07 bits per heavy atom. The zero-order valence-electron chi connectivity index (χ0n) is 9.21. The van der Waals surface area contributed by atoms with E-state index in [-0.39, 0.29) is 6.61 Å². The van der Waals surface area contributed by atoms with Crippen molar-refractivity contribution in [3.05, 3.63) is 0 Å². The Kier molecular flexibility index (Phi) is 4.14. The number of aliphatic hydroxyl groups is 2. The van der Waals surface area contributed by atoms with Crippen molar-refractivity contribution in [1.82, 2.24) is 0 Å². The van der Waals surface area contributed by atoms with Crippen LogP contribution in [0.4, 0.5) is 0 Å². The van der Waals surface area contributed by atoms with Crippen LogP contribution in [-0.4, -0.2) is 61.9 Å². The lowest BCUT2D eigenvalue weighted by atomic mass is 9.92. The second-order valence-corrected chi connectivity index (χ2v) is 4.00. The van der Waals surface area contributed by atoms with Gasteiger partial charge in [-0.25, -0.2) is 0 Å². The zero-order chi connectivity index (χ0) is 11.6. The van der Waals surface area contributed by atoms with E-state index in [0.717, 1.165) is 0 Å². The predicted octanol–water partition coefficient (Wildman–Crippen LogP) is -0.999. The molecule has 0 saturated carbocycles. The molecule has 0 spiro atoms. The molecule has 0 bridgehead atoms. The molecule has 0 aromatic carbocycles. The van der Waals surface area contributed by atoms with Gasteiger partial charge in [-0.3, -0.25) is 0 Å². The van der Waals surface area contributed by atoms with Crippen LogP contribution in [0, 0.1) is 0 Å². The van der Waals surface area contributed by atoms with Gasteiger partial charge in [-0.15, -0.1) is 0 Å². The summed E-state index contributed by atoms with van der Waals surface area (Å²) in [5.74, 6) is -0.850. The maximum Gasteiger partial charge on any atom is 0.162 e. The molecule has 86 valence electrons. The average Bonchev–Trinajstić information content (AvgIpc) is 2.45. The summed E-state index contributed by atoms with van der Waals surface area (Å²) < 4.78 is 15.7. The number of aliphatic hydroxyl groups excluding tert-OH is 2. The molecule has 0 aromatic rings. The van der Waals surface area contributed by atoms with Crippen molar-refractivity contribution in [2.75, 3.05) is 13.7 Å². The molecule has 15 heavy (non-hydrogen) atoms. The third kappa shape index (κ3) is 2.92. The van der Waals surface area contributed by atoms with E-state index in [2.05, 4.69) is 0 Å². The molecule has 1 heterocycles. The van der Waals surface area contributed by atoms with Crippen LogP contribution in [0.25, 0.3) is 0 Å². The normalized spacial score (nSPS) is 37.1. The van der Waals surface area contributed by atoms with Gasteiger partial charge >= 0.3 is 0 Å². The molecule has 1 fully saturated rings. The van der Waals surface area contributed by atoms with Crippen LogP contribution >= 0.6 is 0 Å². The van der Waals surface area contributed by atoms with Crippen molar-refractivity contribution in [1.29, 1.82) is 0 Å². The smallest absolute Gasteiger partial charge is 0.162 e. The van der Waals surface area contributed by atoms with Crippen LogP contribution in [0.15, 0.2) is 0 Å². The van der Waals surface area contributed by atoms with Gasteiger partial charge < -0.3 is 24.4 Å². The first-order chi connectivity index (χ1) is 6.91. The molecule has 4 atom stereocenters. The Bertz CT molecular complexity index is 211. The minimum Gasteiger partial charge on any atom is -0.394 e. The molecule has 1 rings (SSSR count). The largest absolute Gasteiger partial charge is 0.394 e. The quantitative estimate of drug-likeness (QED) is 0.466. The topological polar surface area (TPSA) is 68.2 Å². The third-order valence-corrected chi connectivity index (χ3v) is 2.46. The number of rotatable bonds is 4. The zero-order valence-corrected chi connectivity index (χ0v) is 9.21. The van der Waals surface area contributed by atoms with E-state index in [1.54, 1.807) is 13.8 Å². The third-order valence-electron chi connectivity index (χ3n) is 2.46. The molecule has 1 saturated heterocycles. The van der Waals surface area contributed by atoms with E-state index in [4.69, 9.17) is 27.2 Å². The lowest BCUT2D eigenvalue weighted by Gasteiger charge is -2.30. The van der Waals surface area contributed by atoms with E-state index in [1.807, 2.05) is 0 Å². The van der Waals surface area contributed by atoms with Gasteiger partial charge in [0.2, 0.25) is 0 Å². The van der Waals surface area contributed by atoms with E-state index in [0.29, 0.717) is 0 Å². The highest BCUT2D eigenvalue weighted by atomic mass is 16.7. The predicted molar refractivity (Wildman–Crippen MR) is 53.5 cm³/mol. The number of hydrogen-bond donors (Lipinski definition) is 2. The summed E-state index contributed by atoms with van der Waals surface area (Å²) in [5, 5.41) is 18.6. The molecule has 5 nitrogen and oxygen atoms in total. The van der Waals surface area contributed by atoms with Crippen LogP contribution in [-0.2, 0) is 14.2 Å². The molecule has 1 aliphatic rings. The molecule has 0 unspecified atom stereocenters. The van der Waals surface area contributed by atoms with Crippen LogP contribution in [0.1, 0.15) is 13.8 Å². The summed E-state index contributed by atoms with van der Waals surface area (Å²) in [6.07, 6.45) is -2.34. The average molecular weight is 216 g/mol. The van der Waals surface area contributed by atoms with Crippen LogP contribution < -0.4 is 0 Å². The molecule has 0 aliphatic carbocycles. The first-order valence-electron chi connectivity index (χ1n) is 4.84. The SMILES string of the molecule is [B][C@@H]1O[C@H](CO)[C@@H](O)[C@H]1OC(C)(C)OC. The van der Waals surface area contributed by atoms with Crippen LogP contribution in [0.5, 0.6) is 0 Å². The fraction of sp³-hybridized carbons (Fsp3) is 1.00. The first kappa shape index (κ1) is 12.9. The molecule has 6 heteroatoms. The van der Waals surface area contributed by atoms with Gasteiger partial charge in [-0.1, -0.05) is 0 Å². The monoisotopic (exact) mass is 216 g/mol. The van der Waals surface area contributed by atoms with Crippen molar-refractivity contribution in [2.24, 2.45) is 0 Å². The summed E-state index contributed by atoms with van der Waals surface area (Å²) >= 11 is 0. The molecule has 2 N–H and O–H groups in total. The van der Waals surface area contributed by atoms with Gasteiger partial charge in [0.15, 0.2) is 5.79 Å². The molecule has 0 aromatic heterocycles. The molecule has 1 aliphatic heterocycles. The van der Waals surface area contributed by atoms with Crippen LogP contribution in [0.2, 0.25) is 0 Å². The lowest BCUT2D eigenvalue weighted by Crippen LogP contribution is -2.43. The molecule has 2 radical (unpaired) electrons. The van der Waals surface area contributed by atoms with Gasteiger partial charge in [-0.2, -0.15) is 0 Å². The Hall–Kier alpha value is -0.135. The maximum absolute atomic E-state index is 9.73.